The number of fused-ring (bicyclic) bond motifs is 4. The summed E-state index contributed by atoms with van der Waals surface area (Å²) in [5.41, 5.74) is 21.7. The lowest BCUT2D eigenvalue weighted by Crippen LogP contribution is -2.25. The Morgan fingerprint density at radius 3 is 1.04 bits per heavy atom. The number of aryl methyl sites for hydroxylation is 4. The molecular formula is C68H68N10O2. The standard InChI is InChI=1S/C68H68N10O2/c1-45-31-64-66(33-47(45)3)77(55-17-13-21-59(37-55)79-57-19-11-15-53(35-57)73-42-72(10)63-39-51(69(5)6)28-30-62(63)73)43-75(64)49-23-25-50(26-24-49)76-44-78(67-34-48(4)46(2)32-65(67)76)56-18-14-22-60(38-56)80-58-20-12-16-54(36-58)74-41-71(9)61-29-27-52(70(7)8)40-68(61)74/h11-40H,41-44H2,1-10H3/i9D3. The Morgan fingerprint density at radius 1 is 0.325 bits per heavy atom. The van der Waals surface area contributed by atoms with Gasteiger partial charge in [-0.15, -0.1) is 0 Å². The number of rotatable bonds is 12. The minimum atomic E-state index is -2.30. The minimum absolute atomic E-state index is 0.189. The van der Waals surface area contributed by atoms with Crippen LogP contribution in [0, 0.1) is 27.7 Å². The number of benzene rings is 9. The first-order valence-electron chi connectivity index (χ1n) is 28.8. The Balaban J connectivity index is 0.737. The maximum absolute atomic E-state index is 8.32. The second-order valence-electron chi connectivity index (χ2n) is 22.0. The lowest BCUT2D eigenvalue weighted by Gasteiger charge is -2.25. The summed E-state index contributed by atoms with van der Waals surface area (Å²) in [6, 6.07) is 63.7. The second-order valence-corrected chi connectivity index (χ2v) is 22.0. The first-order chi connectivity index (χ1) is 39.9. The Bertz CT molecular complexity index is 3980. The maximum Gasteiger partial charge on any atom is 0.129 e. The van der Waals surface area contributed by atoms with Gasteiger partial charge in [0.1, 0.15) is 36.3 Å². The Hall–Kier alpha value is -9.42. The number of hydrogen-bond acceptors (Lipinski definition) is 12. The highest BCUT2D eigenvalue weighted by atomic mass is 16.5. The van der Waals surface area contributed by atoms with Crippen LogP contribution in [-0.2, 0) is 0 Å². The van der Waals surface area contributed by atoms with Gasteiger partial charge in [-0.25, -0.2) is 0 Å². The normalized spacial score (nSPS) is 14.9. The van der Waals surface area contributed by atoms with Crippen LogP contribution in [0.1, 0.15) is 26.4 Å². The van der Waals surface area contributed by atoms with E-state index in [4.69, 9.17) is 13.6 Å². The van der Waals surface area contributed by atoms with Crippen molar-refractivity contribution in [3.63, 3.8) is 0 Å². The molecule has 0 aromatic heterocycles. The van der Waals surface area contributed by atoms with E-state index in [1.807, 2.05) is 90.6 Å². The summed E-state index contributed by atoms with van der Waals surface area (Å²) in [5.74, 6) is 2.90. The molecule has 0 radical (unpaired) electrons. The van der Waals surface area contributed by atoms with Gasteiger partial charge >= 0.3 is 0 Å². The third-order valence-corrected chi connectivity index (χ3v) is 16.2. The Kier molecular flexibility index (Phi) is 11.5. The van der Waals surface area contributed by atoms with Crippen LogP contribution in [0.3, 0.4) is 0 Å². The van der Waals surface area contributed by atoms with Crippen LogP contribution in [0.4, 0.5) is 91.0 Å². The average molecular weight is 1060 g/mol. The van der Waals surface area contributed by atoms with E-state index < -0.39 is 6.98 Å². The molecule has 80 heavy (non-hydrogen) atoms. The molecule has 0 N–H and O–H groups in total. The third kappa shape index (κ3) is 9.00. The first kappa shape index (κ1) is 46.7. The van der Waals surface area contributed by atoms with Gasteiger partial charge in [0.2, 0.25) is 0 Å². The predicted molar refractivity (Wildman–Crippen MR) is 335 cm³/mol. The molecule has 9 aromatic carbocycles. The molecule has 12 heteroatoms. The summed E-state index contributed by atoms with van der Waals surface area (Å²) < 4.78 is 38.3. The molecule has 0 aliphatic carbocycles. The lowest BCUT2D eigenvalue weighted by atomic mass is 10.1. The van der Waals surface area contributed by atoms with Crippen molar-refractivity contribution in [1.29, 1.82) is 0 Å². The van der Waals surface area contributed by atoms with Gasteiger partial charge in [0.25, 0.3) is 0 Å². The van der Waals surface area contributed by atoms with Gasteiger partial charge in [-0.3, -0.25) is 0 Å². The summed E-state index contributed by atoms with van der Waals surface area (Å²) in [5, 5.41) is 0. The first-order valence-corrected chi connectivity index (χ1v) is 27.3. The van der Waals surface area contributed by atoms with Crippen molar-refractivity contribution in [1.82, 2.24) is 0 Å². The van der Waals surface area contributed by atoms with Crippen molar-refractivity contribution in [3.05, 3.63) is 204 Å². The molecule has 0 amide bonds. The molecule has 0 saturated carbocycles. The fourth-order valence-electron chi connectivity index (χ4n) is 11.5. The summed E-state index contributed by atoms with van der Waals surface area (Å²) in [4.78, 5) is 21.8. The van der Waals surface area contributed by atoms with Gasteiger partial charge in [0, 0.05) is 116 Å². The van der Waals surface area contributed by atoms with Crippen LogP contribution in [0.5, 0.6) is 23.0 Å². The molecule has 0 unspecified atom stereocenters. The molecule has 4 aliphatic heterocycles. The Morgan fingerprint density at radius 2 is 0.650 bits per heavy atom. The van der Waals surface area contributed by atoms with Crippen LogP contribution in [0.2, 0.25) is 0 Å². The van der Waals surface area contributed by atoms with Crippen molar-refractivity contribution < 1.29 is 13.6 Å². The Labute approximate surface area is 475 Å². The molecule has 13 rings (SSSR count). The van der Waals surface area contributed by atoms with Crippen LogP contribution in [-0.4, -0.2) is 68.9 Å². The van der Waals surface area contributed by atoms with Gasteiger partial charge in [-0.2, -0.15) is 0 Å². The SMILES string of the molecule is [2H]C([2H])([2H])N1CN(c2cccc(Oc3cccc(N4CN(c5ccc(N6CN(c7cccc(Oc8cccc(N9CN(C)c%10cc(N(C)C)ccc%109)c8)c7)c7cc(C)c(C)cc76)cc5)c5cc(C)c(C)cc54)c3)c2)c2cc(N(C)C)ccc21. The molecule has 0 fully saturated rings. The summed E-state index contributed by atoms with van der Waals surface area (Å²) >= 11 is 0. The fraction of sp³-hybridized carbons (Fsp3) is 0.206. The van der Waals surface area contributed by atoms with Crippen molar-refractivity contribution in [2.45, 2.75) is 27.7 Å². The molecule has 12 nitrogen and oxygen atoms in total. The van der Waals surface area contributed by atoms with Crippen molar-refractivity contribution in [2.75, 3.05) is 118 Å². The number of anilines is 16. The summed E-state index contributed by atoms with van der Waals surface area (Å²) in [7, 11) is 10.3. The van der Waals surface area contributed by atoms with Gasteiger partial charge in [0.15, 0.2) is 0 Å². The fourth-order valence-corrected chi connectivity index (χ4v) is 11.5. The van der Waals surface area contributed by atoms with Crippen molar-refractivity contribution >= 4 is 91.0 Å². The second kappa shape index (κ2) is 19.8. The van der Waals surface area contributed by atoms with Crippen molar-refractivity contribution in [2.24, 2.45) is 0 Å². The minimum Gasteiger partial charge on any atom is -0.457 e. The molecule has 0 spiro atoms. The molecule has 0 bridgehead atoms. The molecule has 0 atom stereocenters. The topological polar surface area (TPSA) is 50.9 Å². The van der Waals surface area contributed by atoms with E-state index in [0.29, 0.717) is 30.5 Å². The highest BCUT2D eigenvalue weighted by Crippen LogP contribution is 2.50. The molecule has 4 heterocycles. The highest BCUT2D eigenvalue weighted by Gasteiger charge is 2.33. The van der Waals surface area contributed by atoms with Crippen molar-refractivity contribution in [3.8, 4) is 23.0 Å². The van der Waals surface area contributed by atoms with Gasteiger partial charge in [0.05, 0.1) is 58.8 Å². The molecular weight excluding hydrogens is 989 g/mol. The monoisotopic (exact) mass is 1060 g/mol. The van der Waals surface area contributed by atoms with E-state index in [2.05, 4.69) is 198 Å². The zero-order valence-corrected chi connectivity index (χ0v) is 46.9. The molecule has 9 aromatic rings. The summed E-state index contributed by atoms with van der Waals surface area (Å²) in [6.45, 7) is 8.60. The number of ether oxygens (including phenoxy) is 2. The average Bonchev–Trinajstić information content (AvgIpc) is 4.44. The van der Waals surface area contributed by atoms with E-state index in [9.17, 15) is 0 Å². The van der Waals surface area contributed by atoms with Gasteiger partial charge in [-0.05, 0) is 183 Å². The van der Waals surface area contributed by atoms with E-state index >= 15 is 0 Å². The highest BCUT2D eigenvalue weighted by molar-refractivity contribution is 5.92. The quantitative estimate of drug-likeness (QED) is 0.117. The van der Waals surface area contributed by atoms with Crippen LogP contribution in [0.25, 0.3) is 0 Å². The third-order valence-electron chi connectivity index (χ3n) is 16.2. The lowest BCUT2D eigenvalue weighted by molar-refractivity contribution is 0.482. The van der Waals surface area contributed by atoms with Crippen LogP contribution in [0.15, 0.2) is 182 Å². The van der Waals surface area contributed by atoms with Crippen LogP contribution >= 0.6 is 0 Å². The zero-order valence-electron chi connectivity index (χ0n) is 49.9. The van der Waals surface area contributed by atoms with E-state index in [1.165, 1.54) is 44.2 Å². The zero-order chi connectivity index (χ0) is 57.6. The van der Waals surface area contributed by atoms with E-state index in [-0.39, 0.29) is 6.67 Å². The number of hydrogen-bond donors (Lipinski definition) is 0. The van der Waals surface area contributed by atoms with Gasteiger partial charge < -0.3 is 58.5 Å². The molecule has 402 valence electrons. The molecule has 0 saturated heterocycles. The number of nitrogens with zero attached hydrogens (tertiary/aromatic N) is 10. The smallest absolute Gasteiger partial charge is 0.129 e. The maximum atomic E-state index is 8.32. The summed E-state index contributed by atoms with van der Waals surface area (Å²) in [6.07, 6.45) is 0. The largest absolute Gasteiger partial charge is 0.457 e. The van der Waals surface area contributed by atoms with Gasteiger partial charge in [-0.1, -0.05) is 24.3 Å². The predicted octanol–water partition coefficient (Wildman–Crippen LogP) is 16.2. The van der Waals surface area contributed by atoms with E-state index in [1.54, 1.807) is 0 Å². The van der Waals surface area contributed by atoms with Crippen LogP contribution < -0.4 is 58.5 Å². The molecule has 4 aliphatic rings. The van der Waals surface area contributed by atoms with E-state index in [0.717, 1.165) is 86.4 Å².